The second-order valence-electron chi connectivity index (χ2n) is 26.6. The van der Waals surface area contributed by atoms with Crippen molar-refractivity contribution in [1.29, 1.82) is 0 Å². The second-order valence-corrected chi connectivity index (χ2v) is 28.0. The van der Waals surface area contributed by atoms with Crippen LogP contribution in [0.4, 0.5) is 0 Å². The molecule has 0 aromatic heterocycles. The highest BCUT2D eigenvalue weighted by molar-refractivity contribution is 7.45. The topological polar surface area (TPSA) is 111 Å². The number of likely N-dealkylation sites (N-methyl/N-ethyl adjacent to an activating group) is 1. The molecule has 0 aromatic carbocycles. The Labute approximate surface area is 580 Å². The molecule has 10 heteroatoms. The Morgan fingerprint density at radius 1 is 0.340 bits per heavy atom. The molecule has 9 nitrogen and oxygen atoms in total. The van der Waals surface area contributed by atoms with Gasteiger partial charge in [0.25, 0.3) is 7.82 Å². The summed E-state index contributed by atoms with van der Waals surface area (Å²) in [6, 6.07) is 0. The number of allylic oxidation sites excluding steroid dienone is 24. The SMILES string of the molecule is CC/C=C\C/C=C\C/C=C\C/C=C\C/C=C\C/C=C\C/C=C\C/C=C\C/C=C\CCCCCCCCCCCCCCCC(=O)OC(COC(=O)CCCCCCCCCCCCCCCC/C=C\C/C=C\C/C=C\CCCCCCC)COP(=O)([O-])OCC[N+](C)(C)C. The molecule has 0 fully saturated rings. The molecule has 94 heavy (non-hydrogen) atoms. The Bertz CT molecular complexity index is 2100. The van der Waals surface area contributed by atoms with Gasteiger partial charge in [-0.25, -0.2) is 0 Å². The highest BCUT2D eigenvalue weighted by atomic mass is 31.2. The summed E-state index contributed by atoms with van der Waals surface area (Å²) in [5.74, 6) is -0.832. The Morgan fingerprint density at radius 3 is 0.904 bits per heavy atom. The molecule has 0 bridgehead atoms. The van der Waals surface area contributed by atoms with E-state index in [9.17, 15) is 19.0 Å². The van der Waals surface area contributed by atoms with Gasteiger partial charge in [0, 0.05) is 12.8 Å². The molecule has 0 amide bonds. The van der Waals surface area contributed by atoms with Crippen molar-refractivity contribution < 1.29 is 42.1 Å². The number of hydrogen-bond acceptors (Lipinski definition) is 8. The van der Waals surface area contributed by atoms with Crippen molar-refractivity contribution in [2.24, 2.45) is 0 Å². The van der Waals surface area contributed by atoms with Crippen molar-refractivity contribution in [3.05, 3.63) is 146 Å². The molecule has 0 N–H and O–H groups in total. The van der Waals surface area contributed by atoms with Crippen molar-refractivity contribution in [2.75, 3.05) is 47.5 Å². The average molecular weight is 1330 g/mol. The number of nitrogens with zero attached hydrogens (tertiary/aromatic N) is 1. The fourth-order valence-electron chi connectivity index (χ4n) is 10.5. The molecule has 0 aliphatic heterocycles. The van der Waals surface area contributed by atoms with E-state index < -0.39 is 26.5 Å². The largest absolute Gasteiger partial charge is 0.756 e. The number of carbonyl (C=O) groups excluding carboxylic acids is 2. The number of hydrogen-bond donors (Lipinski definition) is 0. The van der Waals surface area contributed by atoms with E-state index in [0.717, 1.165) is 109 Å². The van der Waals surface area contributed by atoms with Crippen molar-refractivity contribution in [1.82, 2.24) is 0 Å². The van der Waals surface area contributed by atoms with Crippen LogP contribution in [0.2, 0.25) is 0 Å². The van der Waals surface area contributed by atoms with Crippen molar-refractivity contribution >= 4 is 19.8 Å². The van der Waals surface area contributed by atoms with Crippen molar-refractivity contribution in [3.8, 4) is 0 Å². The summed E-state index contributed by atoms with van der Waals surface area (Å²) in [6.07, 6.45) is 108. The fraction of sp³-hybridized carbons (Fsp3) is 0.690. The molecule has 0 spiro atoms. The van der Waals surface area contributed by atoms with Crippen LogP contribution in [0.1, 0.15) is 322 Å². The van der Waals surface area contributed by atoms with Crippen LogP contribution in [0.15, 0.2) is 146 Å². The number of rotatable bonds is 70. The van der Waals surface area contributed by atoms with Crippen LogP contribution in [0.5, 0.6) is 0 Å². The van der Waals surface area contributed by atoms with Crippen LogP contribution in [0.25, 0.3) is 0 Å². The summed E-state index contributed by atoms with van der Waals surface area (Å²) in [4.78, 5) is 38.2. The van der Waals surface area contributed by atoms with Gasteiger partial charge in [-0.3, -0.25) is 14.2 Å². The Hall–Kier alpha value is -4.11. The number of ether oxygens (including phenoxy) is 2. The number of quaternary nitrogens is 1. The van der Waals surface area contributed by atoms with E-state index in [-0.39, 0.29) is 32.0 Å². The molecule has 2 atom stereocenters. The number of phosphoric acid groups is 1. The third-order valence-corrected chi connectivity index (χ3v) is 17.3. The van der Waals surface area contributed by atoms with E-state index in [4.69, 9.17) is 18.5 Å². The minimum Gasteiger partial charge on any atom is -0.756 e. The summed E-state index contributed by atoms with van der Waals surface area (Å²) < 4.78 is 34.4. The average Bonchev–Trinajstić information content (AvgIpc) is 1.57. The van der Waals surface area contributed by atoms with Crippen LogP contribution < -0.4 is 4.89 Å². The maximum absolute atomic E-state index is 12.9. The zero-order valence-electron chi connectivity index (χ0n) is 61.4. The van der Waals surface area contributed by atoms with E-state index >= 15 is 0 Å². The Kier molecular flexibility index (Phi) is 69.9. The Morgan fingerprint density at radius 2 is 0.606 bits per heavy atom. The molecule has 0 heterocycles. The lowest BCUT2D eigenvalue weighted by atomic mass is 10.0. The summed E-state index contributed by atoms with van der Waals surface area (Å²) in [6.45, 7) is 4.13. The highest BCUT2D eigenvalue weighted by Crippen LogP contribution is 2.38. The molecule has 2 unspecified atom stereocenters. The van der Waals surface area contributed by atoms with Crippen LogP contribution in [0, 0.1) is 0 Å². The normalized spacial score (nSPS) is 13.9. The van der Waals surface area contributed by atoms with Gasteiger partial charge in [0.15, 0.2) is 6.10 Å². The number of phosphoric ester groups is 1. The van der Waals surface area contributed by atoms with Gasteiger partial charge in [-0.1, -0.05) is 333 Å². The van der Waals surface area contributed by atoms with Gasteiger partial charge in [0.2, 0.25) is 0 Å². The lowest BCUT2D eigenvalue weighted by Gasteiger charge is -2.28. The molecule has 0 radical (unpaired) electrons. The first kappa shape index (κ1) is 89.9. The molecule has 538 valence electrons. The highest BCUT2D eigenvalue weighted by Gasteiger charge is 2.22. The number of esters is 2. The predicted molar refractivity (Wildman–Crippen MR) is 406 cm³/mol. The van der Waals surface area contributed by atoms with Crippen molar-refractivity contribution in [2.45, 2.75) is 328 Å². The monoisotopic (exact) mass is 1330 g/mol. The molecular formula is C84H144NO8P. The van der Waals surface area contributed by atoms with Gasteiger partial charge < -0.3 is 27.9 Å². The molecule has 0 saturated carbocycles. The van der Waals surface area contributed by atoms with E-state index in [1.807, 2.05) is 21.1 Å². The van der Waals surface area contributed by atoms with E-state index in [1.165, 1.54) is 180 Å². The zero-order chi connectivity index (χ0) is 68.3. The molecule has 0 rings (SSSR count). The lowest BCUT2D eigenvalue weighted by Crippen LogP contribution is -2.37. The summed E-state index contributed by atoms with van der Waals surface area (Å²) in [5, 5.41) is 0. The van der Waals surface area contributed by atoms with Crippen LogP contribution in [-0.4, -0.2) is 70.0 Å². The predicted octanol–water partition coefficient (Wildman–Crippen LogP) is 25.1. The van der Waals surface area contributed by atoms with Gasteiger partial charge in [-0.15, -0.1) is 0 Å². The minimum atomic E-state index is -4.65. The first-order valence-corrected chi connectivity index (χ1v) is 40.0. The second kappa shape index (κ2) is 73.1. The third kappa shape index (κ3) is 76.9. The smallest absolute Gasteiger partial charge is 0.306 e. The van der Waals surface area contributed by atoms with Gasteiger partial charge in [0.1, 0.15) is 19.8 Å². The fourth-order valence-corrected chi connectivity index (χ4v) is 11.2. The number of unbranched alkanes of at least 4 members (excludes halogenated alkanes) is 32. The van der Waals surface area contributed by atoms with Gasteiger partial charge in [-0.05, 0) is 122 Å². The van der Waals surface area contributed by atoms with Gasteiger partial charge >= 0.3 is 11.9 Å². The van der Waals surface area contributed by atoms with Crippen LogP contribution >= 0.6 is 7.82 Å². The quantitative estimate of drug-likeness (QED) is 0.0195. The molecule has 0 saturated heterocycles. The maximum Gasteiger partial charge on any atom is 0.306 e. The minimum absolute atomic E-state index is 0.0359. The summed E-state index contributed by atoms with van der Waals surface area (Å²) in [5.41, 5.74) is 0. The molecule has 0 aliphatic carbocycles. The third-order valence-electron chi connectivity index (χ3n) is 16.3. The van der Waals surface area contributed by atoms with E-state index in [1.54, 1.807) is 0 Å². The van der Waals surface area contributed by atoms with E-state index in [0.29, 0.717) is 17.4 Å². The summed E-state index contributed by atoms with van der Waals surface area (Å²) in [7, 11) is 1.16. The maximum atomic E-state index is 12.9. The van der Waals surface area contributed by atoms with Gasteiger partial charge in [-0.2, -0.15) is 0 Å². The van der Waals surface area contributed by atoms with Crippen LogP contribution in [-0.2, 0) is 32.7 Å². The Balaban J connectivity index is 4.03. The van der Waals surface area contributed by atoms with E-state index in [2.05, 4.69) is 160 Å². The van der Waals surface area contributed by atoms with Crippen LogP contribution in [0.3, 0.4) is 0 Å². The van der Waals surface area contributed by atoms with Gasteiger partial charge in [0.05, 0.1) is 27.7 Å². The molecular weight excluding hydrogens is 1180 g/mol. The first-order valence-electron chi connectivity index (χ1n) is 38.5. The molecule has 0 aliphatic rings. The first-order chi connectivity index (χ1) is 46.0. The lowest BCUT2D eigenvalue weighted by molar-refractivity contribution is -0.870. The van der Waals surface area contributed by atoms with Crippen molar-refractivity contribution in [3.63, 3.8) is 0 Å². The number of carbonyl (C=O) groups is 2. The summed E-state index contributed by atoms with van der Waals surface area (Å²) >= 11 is 0. The standard InChI is InChI=1S/C84H144NO8P/c1-6-8-10-12-14-16-18-20-22-24-26-28-30-32-34-36-37-38-39-40-41-42-43-44-45-46-47-49-51-53-55-57-59-61-63-65-67-69-71-73-75-77-84(87)93-82(81-92-94(88,89)91-79-78-85(3,4)5)80-90-83(86)76-74-72-70-68-66-64-62-60-58-56-54-52-50-48-35-33-31-29-27-25-23-21-19-17-15-13-11-9-7-2/h8,10,14,16,19-22,25-28,31-34,37-38,40-41,43-44,46-47,82H,6-7,9,11-13,15,17-18,23-24,29-30,35-36,39,42,45,48-81H2,1-5H3/b10-8-,16-14-,21-19-,22-20-,27-25-,28-26-,33-31-,34-32-,38-37-,41-40-,44-43-,47-46-. The zero-order valence-corrected chi connectivity index (χ0v) is 62.3. The molecule has 0 aromatic rings.